The third-order valence-electron chi connectivity index (χ3n) is 6.75. The van der Waals surface area contributed by atoms with Crippen LogP contribution in [0.15, 0.2) is 42.0 Å². The minimum Gasteiger partial charge on any atom is -0.458 e. The van der Waals surface area contributed by atoms with E-state index < -0.39 is 35.9 Å². The van der Waals surface area contributed by atoms with Crippen LogP contribution in [0, 0.1) is 0 Å². The number of carbonyl (C=O) groups excluding carboxylic acids is 2. The van der Waals surface area contributed by atoms with E-state index in [1.165, 1.54) is 18.2 Å². The number of carbonyl (C=O) groups is 2. The van der Waals surface area contributed by atoms with Gasteiger partial charge in [0.2, 0.25) is 0 Å². The third kappa shape index (κ3) is 6.46. The molecule has 1 aliphatic heterocycles. The van der Waals surface area contributed by atoms with Gasteiger partial charge < -0.3 is 14.6 Å². The number of ether oxygens (including phenoxy) is 2. The van der Waals surface area contributed by atoms with Gasteiger partial charge in [0, 0.05) is 12.0 Å². The predicted octanol–water partition coefficient (Wildman–Crippen LogP) is 6.99. The van der Waals surface area contributed by atoms with E-state index in [1.54, 1.807) is 0 Å². The number of aliphatic hydroxyl groups is 1. The highest BCUT2D eigenvalue weighted by Gasteiger charge is 2.45. The van der Waals surface area contributed by atoms with Crippen LogP contribution in [0.25, 0.3) is 6.08 Å². The highest BCUT2D eigenvalue weighted by atomic mass is 19.4. The van der Waals surface area contributed by atoms with Gasteiger partial charge in [-0.2, -0.15) is 13.2 Å². The molecule has 0 aromatic heterocycles. The third-order valence-corrected chi connectivity index (χ3v) is 6.75. The fraction of sp³-hybridized carbons (Fsp3) is 0.467. The largest absolute Gasteiger partial charge is 0.458 e. The Morgan fingerprint density at radius 1 is 1.03 bits per heavy atom. The van der Waals surface area contributed by atoms with Gasteiger partial charge >= 0.3 is 18.1 Å². The lowest BCUT2D eigenvalue weighted by molar-refractivity contribution is -0.154. The Morgan fingerprint density at radius 2 is 1.58 bits per heavy atom. The lowest BCUT2D eigenvalue weighted by atomic mass is 9.84. The fourth-order valence-electron chi connectivity index (χ4n) is 4.47. The summed E-state index contributed by atoms with van der Waals surface area (Å²) < 4.78 is 49.6. The van der Waals surface area contributed by atoms with Crippen molar-refractivity contribution in [3.05, 3.63) is 75.4 Å². The van der Waals surface area contributed by atoms with Crippen molar-refractivity contribution < 1.29 is 37.3 Å². The van der Waals surface area contributed by atoms with E-state index in [1.807, 2.05) is 39.8 Å². The molecule has 1 heterocycles. The molecule has 1 atom stereocenters. The zero-order valence-electron chi connectivity index (χ0n) is 22.6. The first-order valence-electron chi connectivity index (χ1n) is 12.7. The first-order valence-corrected chi connectivity index (χ1v) is 12.7. The van der Waals surface area contributed by atoms with Crippen LogP contribution < -0.4 is 0 Å². The molecule has 1 fully saturated rings. The Morgan fingerprint density at radius 3 is 2.03 bits per heavy atom. The summed E-state index contributed by atoms with van der Waals surface area (Å²) in [5.41, 5.74) is 1.63. The van der Waals surface area contributed by atoms with Crippen molar-refractivity contribution in [3.63, 3.8) is 0 Å². The second-order valence-electron chi connectivity index (χ2n) is 10.8. The molecule has 5 nitrogen and oxygen atoms in total. The minimum atomic E-state index is -4.46. The molecule has 1 N–H and O–H groups in total. The summed E-state index contributed by atoms with van der Waals surface area (Å²) in [5, 5.41) is 10.1. The maximum Gasteiger partial charge on any atom is 0.416 e. The number of benzene rings is 2. The molecule has 0 radical (unpaired) electrons. The van der Waals surface area contributed by atoms with Gasteiger partial charge in [0.25, 0.3) is 0 Å². The summed E-state index contributed by atoms with van der Waals surface area (Å²) in [6, 6.07) is 8.42. The van der Waals surface area contributed by atoms with Gasteiger partial charge in [-0.1, -0.05) is 65.8 Å². The molecule has 2 aromatic carbocycles. The van der Waals surface area contributed by atoms with Crippen LogP contribution in [0.1, 0.15) is 104 Å². The molecular weight excluding hydrogens is 497 g/mol. The van der Waals surface area contributed by atoms with Crippen LogP contribution in [0.4, 0.5) is 13.2 Å². The minimum absolute atomic E-state index is 0.0585. The topological polar surface area (TPSA) is 72.8 Å². The van der Waals surface area contributed by atoms with Gasteiger partial charge in [-0.15, -0.1) is 0 Å². The Hall–Kier alpha value is -3.13. The SMILES string of the molecule is CC(C)c1cc(C(C)C)c(C(=O)OCC2(CO)C/C(=C/c3ccc(C(F)(F)F)cc3)C(=O)O2)c(C(C)C)c1. The Bertz CT molecular complexity index is 1180. The molecule has 1 saturated heterocycles. The van der Waals surface area contributed by atoms with Crippen molar-refractivity contribution in [3.8, 4) is 0 Å². The van der Waals surface area contributed by atoms with Gasteiger partial charge in [-0.05, 0) is 58.2 Å². The number of hydrogen-bond donors (Lipinski definition) is 1. The quantitative estimate of drug-likeness (QED) is 0.293. The zero-order chi connectivity index (χ0) is 28.4. The lowest BCUT2D eigenvalue weighted by Crippen LogP contribution is -2.39. The Labute approximate surface area is 221 Å². The number of alkyl halides is 3. The smallest absolute Gasteiger partial charge is 0.416 e. The summed E-state index contributed by atoms with van der Waals surface area (Å²) in [5.74, 6) is -0.884. The van der Waals surface area contributed by atoms with Gasteiger partial charge in [-0.3, -0.25) is 0 Å². The van der Waals surface area contributed by atoms with Gasteiger partial charge in [0.1, 0.15) is 6.61 Å². The van der Waals surface area contributed by atoms with E-state index in [0.29, 0.717) is 11.1 Å². The molecule has 3 rings (SSSR count). The van der Waals surface area contributed by atoms with Gasteiger partial charge in [0.15, 0.2) is 5.60 Å². The summed E-state index contributed by atoms with van der Waals surface area (Å²) in [6.45, 7) is 11.3. The number of cyclic esters (lactones) is 1. The second kappa shape index (κ2) is 11.3. The number of rotatable bonds is 8. The van der Waals surface area contributed by atoms with Crippen LogP contribution in [-0.2, 0) is 20.4 Å². The van der Waals surface area contributed by atoms with E-state index in [0.717, 1.165) is 28.8 Å². The first-order chi connectivity index (χ1) is 17.7. The zero-order valence-corrected chi connectivity index (χ0v) is 22.6. The monoisotopic (exact) mass is 532 g/mol. The second-order valence-corrected chi connectivity index (χ2v) is 10.8. The van der Waals surface area contributed by atoms with Crippen molar-refractivity contribution in [2.45, 2.75) is 77.5 Å². The summed E-state index contributed by atoms with van der Waals surface area (Å²) in [6.07, 6.45) is -3.11. The summed E-state index contributed by atoms with van der Waals surface area (Å²) in [7, 11) is 0. The molecule has 8 heteroatoms. The lowest BCUT2D eigenvalue weighted by Gasteiger charge is -2.26. The van der Waals surface area contributed by atoms with Crippen molar-refractivity contribution in [1.82, 2.24) is 0 Å². The van der Waals surface area contributed by atoms with E-state index >= 15 is 0 Å². The van der Waals surface area contributed by atoms with Crippen molar-refractivity contribution >= 4 is 18.0 Å². The number of halogens is 3. The van der Waals surface area contributed by atoms with E-state index in [4.69, 9.17) is 9.47 Å². The van der Waals surface area contributed by atoms with Crippen molar-refractivity contribution in [2.24, 2.45) is 0 Å². The van der Waals surface area contributed by atoms with Gasteiger partial charge in [-0.25, -0.2) is 9.59 Å². The molecule has 206 valence electrons. The summed E-state index contributed by atoms with van der Waals surface area (Å²) >= 11 is 0. The van der Waals surface area contributed by atoms with Crippen molar-refractivity contribution in [2.75, 3.05) is 13.2 Å². The molecule has 2 aromatic rings. The summed E-state index contributed by atoms with van der Waals surface area (Å²) in [4.78, 5) is 26.0. The van der Waals surface area contributed by atoms with Crippen LogP contribution >= 0.6 is 0 Å². The normalized spacial score (nSPS) is 19.1. The standard InChI is InChI=1S/C30H35F3O5/c1-17(2)21-12-24(18(3)4)26(25(13-21)19(5)6)28(36)37-16-29(15-34)14-22(27(35)38-29)11-20-7-9-23(10-8-20)30(31,32)33/h7-13,17-19,34H,14-16H2,1-6H3/b22-11-. The van der Waals surface area contributed by atoms with Crippen LogP contribution in [-0.4, -0.2) is 35.9 Å². The highest BCUT2D eigenvalue weighted by molar-refractivity contribution is 5.96. The van der Waals surface area contributed by atoms with Crippen molar-refractivity contribution in [1.29, 1.82) is 0 Å². The maximum atomic E-state index is 13.4. The average Bonchev–Trinajstić information content (AvgIpc) is 3.16. The molecule has 0 bridgehead atoms. The molecule has 38 heavy (non-hydrogen) atoms. The maximum absolute atomic E-state index is 13.4. The predicted molar refractivity (Wildman–Crippen MR) is 139 cm³/mol. The number of aliphatic hydroxyl groups excluding tert-OH is 1. The average molecular weight is 533 g/mol. The molecular formula is C30H35F3O5. The molecule has 0 saturated carbocycles. The molecule has 1 aliphatic rings. The Balaban J connectivity index is 1.84. The molecule has 0 aliphatic carbocycles. The number of esters is 2. The van der Waals surface area contributed by atoms with E-state index in [2.05, 4.69) is 13.8 Å². The first kappa shape index (κ1) is 29.4. The molecule has 0 amide bonds. The fourth-order valence-corrected chi connectivity index (χ4v) is 4.47. The van der Waals surface area contributed by atoms with Crippen LogP contribution in [0.3, 0.4) is 0 Å². The molecule has 1 unspecified atom stereocenters. The van der Waals surface area contributed by atoms with E-state index in [9.17, 15) is 27.9 Å². The highest BCUT2D eigenvalue weighted by Crippen LogP contribution is 2.36. The molecule has 0 spiro atoms. The van der Waals surface area contributed by atoms with Crippen LogP contribution in [0.2, 0.25) is 0 Å². The van der Waals surface area contributed by atoms with Crippen LogP contribution in [0.5, 0.6) is 0 Å². The number of hydrogen-bond acceptors (Lipinski definition) is 5. The van der Waals surface area contributed by atoms with Gasteiger partial charge in [0.05, 0.1) is 17.7 Å². The Kier molecular flexibility index (Phi) is 8.76. The van der Waals surface area contributed by atoms with E-state index in [-0.39, 0.29) is 36.4 Å².